The van der Waals surface area contributed by atoms with E-state index in [1.165, 1.54) is 49.6 Å². The Kier molecular flexibility index (Phi) is 8.40. The Labute approximate surface area is 134 Å². The number of fused-ring (bicyclic) bond motifs is 1. The van der Waals surface area contributed by atoms with E-state index in [4.69, 9.17) is 4.74 Å². The molecule has 0 radical (unpaired) electrons. The molecule has 0 atom stereocenters. The van der Waals surface area contributed by atoms with Gasteiger partial charge in [0.2, 0.25) is 6.33 Å². The van der Waals surface area contributed by atoms with Gasteiger partial charge in [-0.3, -0.25) is 0 Å². The Hall–Kier alpha value is -1.06. The topological polar surface area (TPSA) is 18.0 Å². The molecule has 4 heteroatoms. The zero-order chi connectivity index (χ0) is 14.2. The summed E-state index contributed by atoms with van der Waals surface area (Å²) in [5, 5.41) is 0. The maximum absolute atomic E-state index is 5.80. The second-order valence-electron chi connectivity index (χ2n) is 5.49. The minimum atomic E-state index is 0. The van der Waals surface area contributed by atoms with Gasteiger partial charge in [-0.2, -0.15) is 0 Å². The molecule has 0 spiro atoms. The first-order valence-corrected chi connectivity index (χ1v) is 7.84. The maximum atomic E-state index is 5.80. The van der Waals surface area contributed by atoms with Crippen molar-refractivity contribution in [3.05, 3.63) is 30.6 Å². The first-order chi connectivity index (χ1) is 9.83. The van der Waals surface area contributed by atoms with Crippen LogP contribution in [0.5, 0.6) is 0 Å². The zero-order valence-electron chi connectivity index (χ0n) is 13.2. The van der Waals surface area contributed by atoms with Gasteiger partial charge in [0.15, 0.2) is 17.8 Å². The van der Waals surface area contributed by atoms with Crippen molar-refractivity contribution in [1.29, 1.82) is 0 Å². The van der Waals surface area contributed by atoms with E-state index in [0.717, 1.165) is 6.61 Å². The number of benzene rings is 1. The first-order valence-electron chi connectivity index (χ1n) is 7.84. The minimum Gasteiger partial charge on any atom is -1.00 e. The predicted octanol–water partition coefficient (Wildman–Crippen LogP) is 0.804. The molecule has 118 valence electrons. The Balaban J connectivity index is 0.00000220. The van der Waals surface area contributed by atoms with E-state index in [2.05, 4.69) is 53.7 Å². The molecule has 1 heterocycles. The Bertz CT molecular complexity index is 524. The molecule has 1 aromatic carbocycles. The van der Waals surface area contributed by atoms with Crippen molar-refractivity contribution in [3.8, 4) is 0 Å². The lowest BCUT2D eigenvalue weighted by Gasteiger charge is -2.02. The molecule has 0 aliphatic rings. The van der Waals surface area contributed by atoms with Gasteiger partial charge in [0, 0.05) is 0 Å². The quantitative estimate of drug-likeness (QED) is 0.495. The SMILES string of the molecule is CCCCCCCCOCn1c[n+](C)c2ccccc21.[Cl-]. The van der Waals surface area contributed by atoms with Gasteiger partial charge in [0.05, 0.1) is 13.7 Å². The molecule has 0 aliphatic carbocycles. The third-order valence-corrected chi connectivity index (χ3v) is 3.76. The van der Waals surface area contributed by atoms with Gasteiger partial charge in [-0.15, -0.1) is 0 Å². The number of ether oxygens (including phenoxy) is 1. The third-order valence-electron chi connectivity index (χ3n) is 3.76. The van der Waals surface area contributed by atoms with E-state index >= 15 is 0 Å². The summed E-state index contributed by atoms with van der Waals surface area (Å²) in [5.41, 5.74) is 2.48. The van der Waals surface area contributed by atoms with Gasteiger partial charge >= 0.3 is 0 Å². The van der Waals surface area contributed by atoms with Crippen molar-refractivity contribution in [2.45, 2.75) is 52.2 Å². The summed E-state index contributed by atoms with van der Waals surface area (Å²) in [6, 6.07) is 8.43. The van der Waals surface area contributed by atoms with Crippen LogP contribution in [0.3, 0.4) is 0 Å². The van der Waals surface area contributed by atoms with Gasteiger partial charge in [0.25, 0.3) is 0 Å². The first kappa shape index (κ1) is 18.0. The lowest BCUT2D eigenvalue weighted by atomic mass is 10.1. The minimum absolute atomic E-state index is 0. The van der Waals surface area contributed by atoms with Crippen LogP contribution in [0.4, 0.5) is 0 Å². The van der Waals surface area contributed by atoms with Crippen LogP contribution in [0.25, 0.3) is 11.0 Å². The van der Waals surface area contributed by atoms with E-state index < -0.39 is 0 Å². The molecule has 0 saturated carbocycles. The molecule has 0 aliphatic heterocycles. The Morgan fingerprint density at radius 1 is 1.05 bits per heavy atom. The van der Waals surface area contributed by atoms with Crippen LogP contribution in [0, 0.1) is 0 Å². The summed E-state index contributed by atoms with van der Waals surface area (Å²) in [4.78, 5) is 0. The average molecular weight is 311 g/mol. The molecule has 2 aromatic rings. The van der Waals surface area contributed by atoms with E-state index in [1.54, 1.807) is 0 Å². The third kappa shape index (κ3) is 5.33. The number of para-hydroxylation sites is 2. The fourth-order valence-electron chi connectivity index (χ4n) is 2.59. The highest BCUT2D eigenvalue weighted by atomic mass is 35.5. The molecule has 0 saturated heterocycles. The van der Waals surface area contributed by atoms with Gasteiger partial charge in [-0.25, -0.2) is 9.13 Å². The zero-order valence-corrected chi connectivity index (χ0v) is 14.0. The number of hydrogen-bond acceptors (Lipinski definition) is 1. The lowest BCUT2D eigenvalue weighted by molar-refractivity contribution is -0.646. The maximum Gasteiger partial charge on any atom is 0.246 e. The van der Waals surface area contributed by atoms with Crippen LogP contribution in [-0.2, 0) is 18.5 Å². The van der Waals surface area contributed by atoms with E-state index in [0.29, 0.717) is 6.73 Å². The van der Waals surface area contributed by atoms with Crippen LogP contribution in [-0.4, -0.2) is 11.2 Å². The number of rotatable bonds is 9. The van der Waals surface area contributed by atoms with Crippen molar-refractivity contribution in [2.75, 3.05) is 6.61 Å². The molecule has 0 amide bonds. The van der Waals surface area contributed by atoms with Crippen molar-refractivity contribution >= 4 is 11.0 Å². The molecule has 0 N–H and O–H groups in total. The van der Waals surface area contributed by atoms with E-state index in [1.807, 2.05) is 0 Å². The molecule has 0 fully saturated rings. The van der Waals surface area contributed by atoms with Gasteiger partial charge in [-0.1, -0.05) is 51.2 Å². The van der Waals surface area contributed by atoms with Crippen LogP contribution in [0.1, 0.15) is 45.4 Å². The number of unbranched alkanes of at least 4 members (excludes halogenated alkanes) is 5. The Morgan fingerprint density at radius 2 is 1.76 bits per heavy atom. The molecule has 21 heavy (non-hydrogen) atoms. The molecule has 3 nitrogen and oxygen atoms in total. The monoisotopic (exact) mass is 310 g/mol. The summed E-state index contributed by atoms with van der Waals surface area (Å²) in [6.07, 6.45) is 9.97. The smallest absolute Gasteiger partial charge is 0.246 e. The van der Waals surface area contributed by atoms with Gasteiger partial charge in [0.1, 0.15) is 0 Å². The van der Waals surface area contributed by atoms with E-state index in [9.17, 15) is 0 Å². The molecule has 2 rings (SSSR count). The van der Waals surface area contributed by atoms with Crippen molar-refractivity contribution in [3.63, 3.8) is 0 Å². The molecular formula is C17H27ClN2O. The summed E-state index contributed by atoms with van der Waals surface area (Å²) in [7, 11) is 2.08. The Morgan fingerprint density at radius 3 is 2.57 bits per heavy atom. The largest absolute Gasteiger partial charge is 1.00 e. The van der Waals surface area contributed by atoms with Gasteiger partial charge in [-0.05, 0) is 18.6 Å². The second-order valence-corrected chi connectivity index (χ2v) is 5.49. The number of hydrogen-bond donors (Lipinski definition) is 0. The molecule has 0 bridgehead atoms. The summed E-state index contributed by atoms with van der Waals surface area (Å²) < 4.78 is 10.1. The highest BCUT2D eigenvalue weighted by molar-refractivity contribution is 5.71. The number of halogens is 1. The van der Waals surface area contributed by atoms with Crippen molar-refractivity contribution < 1.29 is 21.7 Å². The summed E-state index contributed by atoms with van der Waals surface area (Å²) in [5.74, 6) is 0. The highest BCUT2D eigenvalue weighted by Gasteiger charge is 2.11. The molecule has 0 unspecified atom stereocenters. The van der Waals surface area contributed by atoms with Crippen LogP contribution in [0.2, 0.25) is 0 Å². The molecule has 1 aromatic heterocycles. The predicted molar refractivity (Wildman–Crippen MR) is 82.4 cm³/mol. The summed E-state index contributed by atoms with van der Waals surface area (Å²) >= 11 is 0. The normalized spacial score (nSPS) is 10.8. The van der Waals surface area contributed by atoms with Crippen LogP contribution < -0.4 is 17.0 Å². The van der Waals surface area contributed by atoms with Gasteiger partial charge < -0.3 is 17.1 Å². The standard InChI is InChI=1S/C17H27N2O.ClH/c1-3-4-5-6-7-10-13-20-15-19-14-18(2)16-11-8-9-12-17(16)19;/h8-9,11-12,14H,3-7,10,13,15H2,1-2H3;1H/q+1;/p-1. The fraction of sp³-hybridized carbons (Fsp3) is 0.588. The lowest BCUT2D eigenvalue weighted by Crippen LogP contribution is -3.00. The fourth-order valence-corrected chi connectivity index (χ4v) is 2.59. The number of aryl methyl sites for hydroxylation is 1. The van der Waals surface area contributed by atoms with E-state index in [-0.39, 0.29) is 12.4 Å². The summed E-state index contributed by atoms with van der Waals surface area (Å²) in [6.45, 7) is 3.77. The highest BCUT2D eigenvalue weighted by Crippen LogP contribution is 2.10. The second kappa shape index (κ2) is 9.80. The molecular weight excluding hydrogens is 284 g/mol. The average Bonchev–Trinajstić information content (AvgIpc) is 2.79. The number of imidazole rings is 1. The number of aromatic nitrogens is 2. The van der Waals surface area contributed by atoms with Crippen LogP contribution in [0.15, 0.2) is 30.6 Å². The van der Waals surface area contributed by atoms with Crippen molar-refractivity contribution in [2.24, 2.45) is 7.05 Å². The number of nitrogens with zero attached hydrogens (tertiary/aromatic N) is 2. The van der Waals surface area contributed by atoms with Crippen LogP contribution >= 0.6 is 0 Å². The van der Waals surface area contributed by atoms with Crippen molar-refractivity contribution in [1.82, 2.24) is 4.57 Å².